The summed E-state index contributed by atoms with van der Waals surface area (Å²) in [6.07, 6.45) is 4.95. The van der Waals surface area contributed by atoms with Gasteiger partial charge in [0, 0.05) is 28.2 Å². The Morgan fingerprint density at radius 2 is 1.75 bits per heavy atom. The number of aromatic amines is 1. The summed E-state index contributed by atoms with van der Waals surface area (Å²) in [6.45, 7) is 0. The van der Waals surface area contributed by atoms with E-state index in [2.05, 4.69) is 20.4 Å². The van der Waals surface area contributed by atoms with Gasteiger partial charge in [0.05, 0.1) is 29.5 Å². The number of H-pyrrole nitrogens is 1. The minimum absolute atomic E-state index is 0.207. The molecular weight excluding hydrogens is 462 g/mol. The van der Waals surface area contributed by atoms with Crippen molar-refractivity contribution >= 4 is 46.8 Å². The lowest BCUT2D eigenvalue weighted by Crippen LogP contribution is -2.12. The van der Waals surface area contributed by atoms with Gasteiger partial charge in [-0.1, -0.05) is 0 Å². The highest BCUT2D eigenvalue weighted by molar-refractivity contribution is 6.35. The van der Waals surface area contributed by atoms with Crippen molar-refractivity contribution in [3.8, 4) is 0 Å². The lowest BCUT2D eigenvalue weighted by molar-refractivity contribution is -0.110. The summed E-state index contributed by atoms with van der Waals surface area (Å²) in [7, 11) is 1.28. The number of carboxylic acids is 1. The number of carbonyl (C=O) groups excluding carboxylic acids is 3. The highest BCUT2D eigenvalue weighted by atomic mass is 16.5. The Morgan fingerprint density at radius 3 is 2.47 bits per heavy atom. The van der Waals surface area contributed by atoms with E-state index in [9.17, 15) is 24.3 Å². The lowest BCUT2D eigenvalue weighted by atomic mass is 9.94. The smallest absolute Gasteiger partial charge is 0.338 e. The molecule has 0 saturated heterocycles. The molecule has 4 N–H and O–H groups in total. The van der Waals surface area contributed by atoms with Gasteiger partial charge in [-0.2, -0.15) is 0 Å². The SMILES string of the molecule is COC(=O)c1ccc(C(=O)Nc2ccc3c(c2)C(=Cc2[nH]c4c(c2C(=O)O)CCCC4)C(=O)N3)cc1. The monoisotopic (exact) mass is 485 g/mol. The standard InChI is InChI=1S/C27H23N3O6/c1-36-27(35)15-8-6-14(7-9-15)24(31)28-16-10-11-21-18(12-16)19(25(32)30-21)13-22-23(26(33)34)17-4-2-3-5-20(17)29-22/h6-13,29H,2-5H2,1H3,(H,28,31)(H,30,32)(H,33,34). The van der Waals surface area contributed by atoms with E-state index in [1.54, 1.807) is 24.3 Å². The summed E-state index contributed by atoms with van der Waals surface area (Å²) >= 11 is 0. The van der Waals surface area contributed by atoms with Gasteiger partial charge < -0.3 is 25.5 Å². The van der Waals surface area contributed by atoms with Crippen molar-refractivity contribution in [3.05, 3.63) is 81.7 Å². The number of carbonyl (C=O) groups is 4. The number of ether oxygens (including phenoxy) is 1. The molecule has 1 aromatic heterocycles. The maximum atomic E-state index is 12.8. The third kappa shape index (κ3) is 4.15. The minimum Gasteiger partial charge on any atom is -0.478 e. The first-order valence-electron chi connectivity index (χ1n) is 11.5. The van der Waals surface area contributed by atoms with Crippen molar-refractivity contribution in [3.63, 3.8) is 0 Å². The molecule has 0 atom stereocenters. The van der Waals surface area contributed by atoms with Crippen LogP contribution in [0.3, 0.4) is 0 Å². The van der Waals surface area contributed by atoms with Crippen molar-refractivity contribution in [2.24, 2.45) is 0 Å². The van der Waals surface area contributed by atoms with Gasteiger partial charge in [-0.05, 0) is 79.8 Å². The van der Waals surface area contributed by atoms with Gasteiger partial charge in [-0.25, -0.2) is 9.59 Å². The normalized spacial score (nSPS) is 15.1. The number of anilines is 2. The number of benzene rings is 2. The number of carboxylic acid groups (broad SMARTS) is 1. The largest absolute Gasteiger partial charge is 0.478 e. The number of rotatable bonds is 5. The van der Waals surface area contributed by atoms with Gasteiger partial charge in [0.25, 0.3) is 11.8 Å². The Morgan fingerprint density at radius 1 is 1.03 bits per heavy atom. The number of hydrogen-bond donors (Lipinski definition) is 4. The van der Waals surface area contributed by atoms with Crippen LogP contribution in [0.2, 0.25) is 0 Å². The van der Waals surface area contributed by atoms with Crippen molar-refractivity contribution < 1.29 is 29.0 Å². The third-order valence-electron chi connectivity index (χ3n) is 6.46. The number of esters is 1. The highest BCUT2D eigenvalue weighted by Crippen LogP contribution is 2.37. The van der Waals surface area contributed by atoms with Crippen molar-refractivity contribution in [1.82, 2.24) is 4.98 Å². The summed E-state index contributed by atoms with van der Waals surface area (Å²) in [4.78, 5) is 52.3. The molecule has 9 nitrogen and oxygen atoms in total. The second kappa shape index (κ2) is 9.18. The van der Waals surface area contributed by atoms with E-state index < -0.39 is 11.9 Å². The molecule has 0 unspecified atom stereocenters. The molecule has 1 aliphatic heterocycles. The van der Waals surface area contributed by atoms with Gasteiger partial charge in [0.1, 0.15) is 0 Å². The number of hydrogen-bond acceptors (Lipinski definition) is 5. The first-order chi connectivity index (χ1) is 17.4. The van der Waals surface area contributed by atoms with E-state index in [-0.39, 0.29) is 17.4 Å². The summed E-state index contributed by atoms with van der Waals surface area (Å²) in [5.41, 5.74) is 4.89. The minimum atomic E-state index is -1.03. The van der Waals surface area contributed by atoms with Crippen LogP contribution >= 0.6 is 0 Å². The first-order valence-corrected chi connectivity index (χ1v) is 11.5. The van der Waals surface area contributed by atoms with E-state index in [1.165, 1.54) is 31.4 Å². The second-order valence-electron chi connectivity index (χ2n) is 8.68. The van der Waals surface area contributed by atoms with Crippen LogP contribution in [-0.4, -0.2) is 41.0 Å². The molecule has 2 aliphatic rings. The van der Waals surface area contributed by atoms with Crippen LogP contribution in [0.5, 0.6) is 0 Å². The molecule has 2 heterocycles. The van der Waals surface area contributed by atoms with Crippen molar-refractivity contribution in [2.45, 2.75) is 25.7 Å². The van der Waals surface area contributed by atoms with Crippen LogP contribution in [-0.2, 0) is 22.4 Å². The van der Waals surface area contributed by atoms with Crippen molar-refractivity contribution in [2.75, 3.05) is 17.7 Å². The van der Waals surface area contributed by atoms with Crippen LogP contribution in [0.25, 0.3) is 11.6 Å². The molecule has 0 bridgehead atoms. The Bertz CT molecular complexity index is 1450. The molecule has 2 amide bonds. The number of amides is 2. The zero-order valence-electron chi connectivity index (χ0n) is 19.4. The highest BCUT2D eigenvalue weighted by Gasteiger charge is 2.28. The summed E-state index contributed by atoms with van der Waals surface area (Å²) < 4.78 is 4.67. The van der Waals surface area contributed by atoms with Gasteiger partial charge in [-0.15, -0.1) is 0 Å². The van der Waals surface area contributed by atoms with E-state index in [4.69, 9.17) is 0 Å². The number of aryl methyl sites for hydroxylation is 1. The predicted octanol–water partition coefficient (Wildman–Crippen LogP) is 4.12. The van der Waals surface area contributed by atoms with Crippen LogP contribution in [0, 0.1) is 0 Å². The van der Waals surface area contributed by atoms with Gasteiger partial charge >= 0.3 is 11.9 Å². The molecule has 0 radical (unpaired) electrons. The third-order valence-corrected chi connectivity index (χ3v) is 6.46. The van der Waals surface area contributed by atoms with Crippen molar-refractivity contribution in [1.29, 1.82) is 0 Å². The topological polar surface area (TPSA) is 138 Å². The lowest BCUT2D eigenvalue weighted by Gasteiger charge is -2.10. The molecule has 1 aliphatic carbocycles. The van der Waals surface area contributed by atoms with Crippen LogP contribution in [0.1, 0.15) is 66.4 Å². The van der Waals surface area contributed by atoms with Gasteiger partial charge in [0.2, 0.25) is 0 Å². The fourth-order valence-electron chi connectivity index (χ4n) is 4.69. The molecule has 182 valence electrons. The first kappa shape index (κ1) is 23.1. The van der Waals surface area contributed by atoms with Crippen LogP contribution in [0.4, 0.5) is 11.4 Å². The molecule has 36 heavy (non-hydrogen) atoms. The number of aromatic nitrogens is 1. The van der Waals surface area contributed by atoms with Crippen LogP contribution in [0.15, 0.2) is 42.5 Å². The molecule has 0 saturated carbocycles. The maximum absolute atomic E-state index is 12.8. The average molecular weight is 485 g/mol. The Kier molecular flexibility index (Phi) is 5.89. The second-order valence-corrected chi connectivity index (χ2v) is 8.68. The number of methoxy groups -OCH3 is 1. The number of aromatic carboxylic acids is 1. The van der Waals surface area contributed by atoms with Gasteiger partial charge in [-0.3, -0.25) is 9.59 Å². The van der Waals surface area contributed by atoms with E-state index in [0.717, 1.165) is 30.5 Å². The predicted molar refractivity (Wildman–Crippen MR) is 133 cm³/mol. The Balaban J connectivity index is 1.44. The van der Waals surface area contributed by atoms with Gasteiger partial charge in [0.15, 0.2) is 0 Å². The molecular formula is C27H23N3O6. The Hall–Kier alpha value is -4.66. The summed E-state index contributed by atoms with van der Waals surface area (Å²) in [5.74, 6) is -2.26. The Labute approximate surface area is 206 Å². The van der Waals surface area contributed by atoms with E-state index in [0.29, 0.717) is 45.8 Å². The molecule has 5 rings (SSSR count). The molecule has 9 heteroatoms. The number of fused-ring (bicyclic) bond motifs is 2. The number of nitrogens with one attached hydrogen (secondary N) is 3. The quantitative estimate of drug-likeness (QED) is 0.317. The maximum Gasteiger partial charge on any atom is 0.338 e. The summed E-state index contributed by atoms with van der Waals surface area (Å²) in [5, 5.41) is 15.4. The molecule has 3 aromatic rings. The zero-order valence-corrected chi connectivity index (χ0v) is 19.4. The van der Waals surface area contributed by atoms with E-state index in [1.807, 2.05) is 0 Å². The molecule has 2 aromatic carbocycles. The fraction of sp³-hybridized carbons (Fsp3) is 0.185. The molecule has 0 spiro atoms. The summed E-state index contributed by atoms with van der Waals surface area (Å²) in [6, 6.07) is 11.1. The average Bonchev–Trinajstić information content (AvgIpc) is 3.40. The molecule has 0 fully saturated rings. The van der Waals surface area contributed by atoms with Crippen LogP contribution < -0.4 is 10.6 Å². The fourth-order valence-corrected chi connectivity index (χ4v) is 4.69. The zero-order chi connectivity index (χ0) is 25.4. The van der Waals surface area contributed by atoms with E-state index >= 15 is 0 Å².